The number of carbonyl (C=O) groups is 3. The van der Waals surface area contributed by atoms with Gasteiger partial charge in [-0.3, -0.25) is 9.59 Å². The van der Waals surface area contributed by atoms with Crippen LogP contribution in [0.2, 0.25) is 0 Å². The third kappa shape index (κ3) is 23.1. The topological polar surface area (TPSA) is 97.4 Å². The summed E-state index contributed by atoms with van der Waals surface area (Å²) < 4.78 is 25.2. The second-order valence-electron chi connectivity index (χ2n) is 10.3. The van der Waals surface area contributed by atoms with Gasteiger partial charge in [0, 0.05) is 12.8 Å². The van der Waals surface area contributed by atoms with Crippen LogP contribution in [0, 0.1) is 0 Å². The van der Waals surface area contributed by atoms with Crippen molar-refractivity contribution in [1.82, 2.24) is 0 Å². The smallest absolute Gasteiger partial charge is 0.490 e. The van der Waals surface area contributed by atoms with Gasteiger partial charge in [0.1, 0.15) is 32.2 Å². The largest absolute Gasteiger partial charge is 0.508 e. The highest BCUT2D eigenvalue weighted by Gasteiger charge is 2.04. The number of rotatable bonds is 18. The Morgan fingerprint density at radius 2 is 1.04 bits per heavy atom. The first-order valence-corrected chi connectivity index (χ1v) is 16.3. The monoisotopic (exact) mass is 636 g/mol. The van der Waals surface area contributed by atoms with Crippen LogP contribution in [-0.4, -0.2) is 37.9 Å². The number of hydrogen-bond donors (Lipinski definition) is 0. The molecule has 0 heterocycles. The van der Waals surface area contributed by atoms with Crippen LogP contribution in [0.15, 0.2) is 91.0 Å². The molecule has 3 rings (SSSR count). The van der Waals surface area contributed by atoms with Crippen molar-refractivity contribution in [3.05, 3.63) is 102 Å². The minimum Gasteiger partial charge on any atom is -0.490 e. The molecule has 0 amide bonds. The molecule has 0 fully saturated rings. The van der Waals surface area contributed by atoms with Crippen LogP contribution in [0.5, 0.6) is 5.75 Å². The van der Waals surface area contributed by atoms with Gasteiger partial charge in [-0.1, -0.05) is 132 Å². The van der Waals surface area contributed by atoms with Gasteiger partial charge >= 0.3 is 18.1 Å². The van der Waals surface area contributed by atoms with Crippen LogP contribution in [-0.2, 0) is 41.8 Å². The molecule has 3 aromatic carbocycles. The average Bonchev–Trinajstić information content (AvgIpc) is 3.10. The molecule has 0 aromatic heterocycles. The molecular formula is C38H52O8. The lowest BCUT2D eigenvalue weighted by Crippen LogP contribution is -2.10. The maximum absolute atomic E-state index is 11.3. The Morgan fingerprint density at radius 3 is 1.61 bits per heavy atom. The molecule has 0 aliphatic rings. The molecule has 8 heteroatoms. The predicted molar refractivity (Wildman–Crippen MR) is 180 cm³/mol. The minimum atomic E-state index is -0.572. The Morgan fingerprint density at radius 1 is 0.500 bits per heavy atom. The highest BCUT2D eigenvalue weighted by molar-refractivity contribution is 5.69. The lowest BCUT2D eigenvalue weighted by Gasteiger charge is -2.06. The van der Waals surface area contributed by atoms with Crippen LogP contribution < -0.4 is 4.74 Å². The van der Waals surface area contributed by atoms with Crippen molar-refractivity contribution in [1.29, 1.82) is 0 Å². The van der Waals surface area contributed by atoms with Crippen molar-refractivity contribution >= 4 is 18.1 Å². The van der Waals surface area contributed by atoms with E-state index in [1.54, 1.807) is 6.92 Å². The van der Waals surface area contributed by atoms with Gasteiger partial charge < -0.3 is 23.7 Å². The molecule has 8 nitrogen and oxygen atoms in total. The Labute approximate surface area is 275 Å². The van der Waals surface area contributed by atoms with Crippen LogP contribution in [0.4, 0.5) is 4.79 Å². The summed E-state index contributed by atoms with van der Waals surface area (Å²) in [6.07, 6.45) is 8.26. The first-order valence-electron chi connectivity index (χ1n) is 16.3. The summed E-state index contributed by atoms with van der Waals surface area (Å²) in [6.45, 7) is 7.75. The molecule has 0 bridgehead atoms. The molecule has 0 unspecified atom stereocenters. The first-order chi connectivity index (χ1) is 22.5. The molecule has 0 aliphatic heterocycles. The molecule has 0 radical (unpaired) electrons. The van der Waals surface area contributed by atoms with Crippen molar-refractivity contribution in [3.63, 3.8) is 0 Å². The van der Waals surface area contributed by atoms with Gasteiger partial charge in [-0.15, -0.1) is 0 Å². The third-order valence-electron chi connectivity index (χ3n) is 6.26. The number of hydrogen-bond acceptors (Lipinski definition) is 8. The SMILES string of the molecule is CCC(=O)OCCOc1ccccc1.CCCC(=O)OCc1ccccc1.CCCCCCCCOC(=O)OCc1ccccc1. The molecule has 3 aromatic rings. The summed E-state index contributed by atoms with van der Waals surface area (Å²) in [4.78, 5) is 33.0. The Bertz CT molecular complexity index is 1150. The van der Waals surface area contributed by atoms with E-state index in [4.69, 9.17) is 23.7 Å². The molecule has 0 saturated heterocycles. The van der Waals surface area contributed by atoms with E-state index in [1.165, 1.54) is 25.7 Å². The van der Waals surface area contributed by atoms with Gasteiger partial charge in [-0.25, -0.2) is 4.79 Å². The number of unbranched alkanes of at least 4 members (excludes halogenated alkanes) is 5. The number of carbonyl (C=O) groups excluding carboxylic acids is 3. The van der Waals surface area contributed by atoms with E-state index >= 15 is 0 Å². The normalized spacial score (nSPS) is 9.80. The average molecular weight is 637 g/mol. The van der Waals surface area contributed by atoms with Gasteiger partial charge in [0.25, 0.3) is 0 Å². The van der Waals surface area contributed by atoms with Crippen molar-refractivity contribution < 1.29 is 38.1 Å². The molecule has 0 aliphatic carbocycles. The zero-order valence-corrected chi connectivity index (χ0v) is 27.8. The maximum atomic E-state index is 11.3. The summed E-state index contributed by atoms with van der Waals surface area (Å²) in [7, 11) is 0. The number of ether oxygens (including phenoxy) is 5. The van der Waals surface area contributed by atoms with Gasteiger partial charge in [0.05, 0.1) is 6.61 Å². The van der Waals surface area contributed by atoms with E-state index in [2.05, 4.69) is 6.92 Å². The van der Waals surface area contributed by atoms with Gasteiger partial charge in [0.2, 0.25) is 0 Å². The lowest BCUT2D eigenvalue weighted by molar-refractivity contribution is -0.145. The van der Waals surface area contributed by atoms with Crippen LogP contribution in [0.3, 0.4) is 0 Å². The summed E-state index contributed by atoms with van der Waals surface area (Å²) in [5.41, 5.74) is 2.01. The first kappa shape index (κ1) is 39.7. The number of para-hydroxylation sites is 1. The van der Waals surface area contributed by atoms with Crippen LogP contribution >= 0.6 is 0 Å². The molecule has 0 N–H and O–H groups in total. The summed E-state index contributed by atoms with van der Waals surface area (Å²) in [5.74, 6) is 0.480. The van der Waals surface area contributed by atoms with Crippen LogP contribution in [0.1, 0.15) is 89.7 Å². The van der Waals surface area contributed by atoms with E-state index in [0.717, 1.165) is 36.1 Å². The Balaban J connectivity index is 0.000000353. The van der Waals surface area contributed by atoms with Crippen LogP contribution in [0.25, 0.3) is 0 Å². The Kier molecular flexibility index (Phi) is 24.3. The van der Waals surface area contributed by atoms with Crippen molar-refractivity contribution in [2.24, 2.45) is 0 Å². The molecule has 0 saturated carbocycles. The van der Waals surface area contributed by atoms with Crippen molar-refractivity contribution in [2.75, 3.05) is 19.8 Å². The van der Waals surface area contributed by atoms with E-state index < -0.39 is 6.16 Å². The zero-order chi connectivity index (χ0) is 33.5. The second-order valence-corrected chi connectivity index (χ2v) is 10.3. The number of esters is 2. The van der Waals surface area contributed by atoms with E-state index in [9.17, 15) is 14.4 Å². The van der Waals surface area contributed by atoms with Gasteiger partial charge in [-0.05, 0) is 36.1 Å². The predicted octanol–water partition coefficient (Wildman–Crippen LogP) is 9.25. The van der Waals surface area contributed by atoms with E-state index in [-0.39, 0.29) is 18.5 Å². The standard InChI is InChI=1S/C16H24O3.C11H14O3.C11H14O2/c1-2-3-4-5-6-10-13-18-16(17)19-14-15-11-8-7-9-12-15;1-2-11(12)14-9-8-13-10-6-4-3-5-7-10;1-2-6-11(12)13-9-10-7-4-3-5-8-10/h7-9,11-12H,2-6,10,13-14H2,1H3;3-7H,2,8-9H2,1H3;3-5,7-8H,2,6,9H2,1H3. The number of benzene rings is 3. The highest BCUT2D eigenvalue weighted by Crippen LogP contribution is 2.08. The quantitative estimate of drug-likeness (QED) is 0.0774. The van der Waals surface area contributed by atoms with Gasteiger partial charge in [0.15, 0.2) is 0 Å². The highest BCUT2D eigenvalue weighted by atomic mass is 16.7. The summed E-state index contributed by atoms with van der Waals surface area (Å²) >= 11 is 0. The van der Waals surface area contributed by atoms with Crippen molar-refractivity contribution in [2.45, 2.75) is 91.8 Å². The maximum Gasteiger partial charge on any atom is 0.508 e. The summed E-state index contributed by atoms with van der Waals surface area (Å²) in [6, 6.07) is 28.7. The molecular weight excluding hydrogens is 584 g/mol. The van der Waals surface area contributed by atoms with Crippen molar-refractivity contribution in [3.8, 4) is 5.75 Å². The van der Waals surface area contributed by atoms with E-state index in [1.807, 2.05) is 97.9 Å². The molecule has 0 atom stereocenters. The summed E-state index contributed by atoms with van der Waals surface area (Å²) in [5, 5.41) is 0. The lowest BCUT2D eigenvalue weighted by atomic mass is 10.1. The third-order valence-corrected chi connectivity index (χ3v) is 6.26. The zero-order valence-electron chi connectivity index (χ0n) is 27.8. The second kappa shape index (κ2) is 28.2. The van der Waals surface area contributed by atoms with E-state index in [0.29, 0.717) is 39.3 Å². The molecule has 252 valence electrons. The fourth-order valence-electron chi connectivity index (χ4n) is 3.74. The molecule has 0 spiro atoms. The molecule has 46 heavy (non-hydrogen) atoms. The minimum absolute atomic E-state index is 0.119. The van der Waals surface area contributed by atoms with Gasteiger partial charge in [-0.2, -0.15) is 0 Å². The Hall–Kier alpha value is -4.33. The fraction of sp³-hybridized carbons (Fsp3) is 0.447. The fourth-order valence-corrected chi connectivity index (χ4v) is 3.74.